The van der Waals surface area contributed by atoms with Gasteiger partial charge in [0.25, 0.3) is 0 Å². The van der Waals surface area contributed by atoms with Crippen molar-refractivity contribution in [3.63, 3.8) is 0 Å². The molecule has 47 heavy (non-hydrogen) atoms. The summed E-state index contributed by atoms with van der Waals surface area (Å²) in [7, 11) is 0. The van der Waals surface area contributed by atoms with Gasteiger partial charge < -0.3 is 33.9 Å². The maximum atomic E-state index is 8.84. The van der Waals surface area contributed by atoms with Gasteiger partial charge in [-0.2, -0.15) is 0 Å². The maximum Gasteiger partial charge on any atom is 0.241 e. The lowest BCUT2D eigenvalue weighted by atomic mass is 10.1. The molecule has 2 unspecified atom stereocenters. The quantitative estimate of drug-likeness (QED) is 0.0883. The SMILES string of the molecule is OCCCCCCCCCCCCC1Oc2ccc(COCc3ccc4c(c3)OC(CCCCCCCCCCCCO)O4)cc2O1. The van der Waals surface area contributed by atoms with Gasteiger partial charge in [0.15, 0.2) is 23.0 Å². The van der Waals surface area contributed by atoms with Crippen LogP contribution in [0.25, 0.3) is 0 Å². The van der Waals surface area contributed by atoms with E-state index < -0.39 is 0 Å². The number of fused-ring (bicyclic) bond motifs is 2. The molecule has 4 rings (SSSR count). The third-order valence-corrected chi connectivity index (χ3v) is 9.28. The van der Waals surface area contributed by atoms with E-state index in [2.05, 4.69) is 12.1 Å². The molecule has 2 atom stereocenters. The minimum Gasteiger partial charge on any atom is -0.451 e. The molecule has 0 fully saturated rings. The second kappa shape index (κ2) is 23.0. The molecule has 2 heterocycles. The van der Waals surface area contributed by atoms with Crippen LogP contribution in [0.4, 0.5) is 0 Å². The first-order valence-corrected chi connectivity index (χ1v) is 19.0. The van der Waals surface area contributed by atoms with Gasteiger partial charge in [-0.25, -0.2) is 0 Å². The van der Waals surface area contributed by atoms with Crippen molar-refractivity contribution in [3.8, 4) is 23.0 Å². The highest BCUT2D eigenvalue weighted by molar-refractivity contribution is 5.46. The van der Waals surface area contributed by atoms with Gasteiger partial charge in [-0.05, 0) is 61.1 Å². The molecule has 0 radical (unpaired) electrons. The van der Waals surface area contributed by atoms with Crippen molar-refractivity contribution in [2.24, 2.45) is 0 Å². The predicted octanol–water partition coefficient (Wildman–Crippen LogP) is 10.2. The fraction of sp³-hybridized carbons (Fsp3) is 0.700. The smallest absolute Gasteiger partial charge is 0.241 e. The van der Waals surface area contributed by atoms with Crippen LogP contribution in [0.1, 0.15) is 152 Å². The molecule has 0 saturated heterocycles. The minimum absolute atomic E-state index is 0.186. The van der Waals surface area contributed by atoms with Crippen molar-refractivity contribution in [2.75, 3.05) is 13.2 Å². The molecule has 2 aliphatic rings. The Morgan fingerprint density at radius 3 is 1.09 bits per heavy atom. The van der Waals surface area contributed by atoms with E-state index in [1.165, 1.54) is 89.9 Å². The van der Waals surface area contributed by atoms with Gasteiger partial charge in [-0.3, -0.25) is 0 Å². The van der Waals surface area contributed by atoms with Crippen LogP contribution in [0, 0.1) is 0 Å². The number of aliphatic hydroxyl groups excluding tert-OH is 2. The highest BCUT2D eigenvalue weighted by atomic mass is 16.7. The van der Waals surface area contributed by atoms with Crippen LogP contribution in [-0.2, 0) is 18.0 Å². The summed E-state index contributed by atoms with van der Waals surface area (Å²) in [5.41, 5.74) is 2.14. The summed E-state index contributed by atoms with van der Waals surface area (Å²) in [6.45, 7) is 1.66. The second-order valence-corrected chi connectivity index (χ2v) is 13.5. The Hall–Kier alpha value is -2.48. The lowest BCUT2D eigenvalue weighted by Gasteiger charge is -2.10. The molecule has 0 aliphatic carbocycles. The Labute approximate surface area is 284 Å². The van der Waals surface area contributed by atoms with E-state index in [1.807, 2.05) is 24.3 Å². The van der Waals surface area contributed by atoms with Crippen LogP contribution >= 0.6 is 0 Å². The van der Waals surface area contributed by atoms with Crippen LogP contribution in [0.3, 0.4) is 0 Å². The van der Waals surface area contributed by atoms with Crippen molar-refractivity contribution >= 4 is 0 Å². The van der Waals surface area contributed by atoms with Crippen LogP contribution in [0.2, 0.25) is 0 Å². The summed E-state index contributed by atoms with van der Waals surface area (Å²) in [6, 6.07) is 12.2. The maximum absolute atomic E-state index is 8.84. The number of benzene rings is 2. The normalized spacial score (nSPS) is 16.3. The summed E-state index contributed by atoms with van der Waals surface area (Å²) >= 11 is 0. The van der Waals surface area contributed by atoms with Gasteiger partial charge in [-0.15, -0.1) is 0 Å². The van der Waals surface area contributed by atoms with Crippen molar-refractivity contribution in [3.05, 3.63) is 47.5 Å². The molecule has 264 valence electrons. The zero-order chi connectivity index (χ0) is 32.8. The molecule has 0 aromatic heterocycles. The van der Waals surface area contributed by atoms with E-state index in [9.17, 15) is 0 Å². The third kappa shape index (κ3) is 14.7. The van der Waals surface area contributed by atoms with Gasteiger partial charge in [-0.1, -0.05) is 115 Å². The fourth-order valence-electron chi connectivity index (χ4n) is 6.47. The molecule has 2 aliphatic heterocycles. The molecule has 0 amide bonds. The summed E-state index contributed by atoms with van der Waals surface area (Å²) in [6.07, 6.45) is 25.9. The monoisotopic (exact) mass is 654 g/mol. The number of ether oxygens (including phenoxy) is 5. The molecule has 2 aromatic rings. The van der Waals surface area contributed by atoms with E-state index in [0.717, 1.165) is 85.5 Å². The van der Waals surface area contributed by atoms with Crippen LogP contribution in [0.15, 0.2) is 36.4 Å². The zero-order valence-corrected chi connectivity index (χ0v) is 28.9. The summed E-state index contributed by atoms with van der Waals surface area (Å²) in [4.78, 5) is 0. The van der Waals surface area contributed by atoms with Gasteiger partial charge in [0.1, 0.15) is 0 Å². The lowest BCUT2D eigenvalue weighted by Crippen LogP contribution is -2.17. The van der Waals surface area contributed by atoms with E-state index >= 15 is 0 Å². The molecule has 2 aromatic carbocycles. The Kier molecular flexibility index (Phi) is 18.3. The Balaban J connectivity index is 1.02. The minimum atomic E-state index is -0.186. The molecule has 0 saturated carbocycles. The Bertz CT molecular complexity index is 1020. The Morgan fingerprint density at radius 1 is 0.404 bits per heavy atom. The number of hydrogen-bond acceptors (Lipinski definition) is 7. The average molecular weight is 655 g/mol. The molecule has 0 spiro atoms. The van der Waals surface area contributed by atoms with Crippen LogP contribution < -0.4 is 18.9 Å². The van der Waals surface area contributed by atoms with E-state index in [1.54, 1.807) is 0 Å². The van der Waals surface area contributed by atoms with E-state index in [-0.39, 0.29) is 12.6 Å². The topological polar surface area (TPSA) is 86.6 Å². The second-order valence-electron chi connectivity index (χ2n) is 13.5. The number of hydrogen-bond donors (Lipinski definition) is 2. The van der Waals surface area contributed by atoms with Crippen molar-refractivity contribution in [2.45, 2.75) is 167 Å². The molecule has 7 heteroatoms. The first-order valence-electron chi connectivity index (χ1n) is 19.0. The largest absolute Gasteiger partial charge is 0.451 e. The molecule has 7 nitrogen and oxygen atoms in total. The highest BCUT2D eigenvalue weighted by Gasteiger charge is 2.25. The summed E-state index contributed by atoms with van der Waals surface area (Å²) in [5.74, 6) is 3.28. The zero-order valence-electron chi connectivity index (χ0n) is 28.9. The number of rotatable bonds is 28. The molecular formula is C40H62O7. The van der Waals surface area contributed by atoms with Crippen molar-refractivity contribution in [1.29, 1.82) is 0 Å². The molecular weight excluding hydrogens is 592 g/mol. The lowest BCUT2D eigenvalue weighted by molar-refractivity contribution is 0.0392. The van der Waals surface area contributed by atoms with Gasteiger partial charge in [0.2, 0.25) is 12.6 Å². The van der Waals surface area contributed by atoms with E-state index in [0.29, 0.717) is 26.4 Å². The highest BCUT2D eigenvalue weighted by Crippen LogP contribution is 2.38. The molecule has 0 bridgehead atoms. The first kappa shape index (κ1) is 37.3. The first-order chi connectivity index (χ1) is 23.2. The molecule has 2 N–H and O–H groups in total. The third-order valence-electron chi connectivity index (χ3n) is 9.28. The number of unbranched alkanes of at least 4 members (excludes halogenated alkanes) is 18. The van der Waals surface area contributed by atoms with Gasteiger partial charge in [0.05, 0.1) is 13.2 Å². The van der Waals surface area contributed by atoms with Crippen molar-refractivity contribution < 1.29 is 33.9 Å². The fourth-order valence-corrected chi connectivity index (χ4v) is 6.47. The Morgan fingerprint density at radius 2 is 0.723 bits per heavy atom. The van der Waals surface area contributed by atoms with Crippen molar-refractivity contribution in [1.82, 2.24) is 0 Å². The summed E-state index contributed by atoms with van der Waals surface area (Å²) in [5, 5.41) is 17.7. The van der Waals surface area contributed by atoms with Gasteiger partial charge >= 0.3 is 0 Å². The average Bonchev–Trinajstić information content (AvgIpc) is 3.69. The standard InChI is InChI=1S/C40H62O7/c41-27-19-15-11-7-3-1-5-9-13-17-21-39-44-35-25-23-33(29-37(35)46-39)31-43-32-34-24-26-36-38(30-34)47-40(45-36)22-18-14-10-6-2-4-8-12-16-20-28-42/h23-26,29-30,39-42H,1-22,27-28,31-32H2. The summed E-state index contributed by atoms with van der Waals surface area (Å²) < 4.78 is 30.3. The van der Waals surface area contributed by atoms with Gasteiger partial charge in [0, 0.05) is 26.1 Å². The predicted molar refractivity (Wildman–Crippen MR) is 187 cm³/mol. The van der Waals surface area contributed by atoms with E-state index in [4.69, 9.17) is 33.9 Å². The van der Waals surface area contributed by atoms with Crippen LogP contribution in [-0.4, -0.2) is 36.0 Å². The number of aliphatic hydroxyl groups is 2. The van der Waals surface area contributed by atoms with Crippen LogP contribution in [0.5, 0.6) is 23.0 Å².